The molecule has 0 heterocycles. The molecular formula is C3H4Cl2. The molecule has 1 aliphatic carbocycles. The molecule has 0 aromatic carbocycles. The van der Waals surface area contributed by atoms with Gasteiger partial charge in [-0.2, -0.15) is 0 Å². The van der Waals surface area contributed by atoms with Crippen molar-refractivity contribution in [1.29, 1.82) is 0 Å². The van der Waals surface area contributed by atoms with Gasteiger partial charge in [0.1, 0.15) is 4.33 Å². The second-order valence-electron chi connectivity index (χ2n) is 1.36. The first-order valence-electron chi connectivity index (χ1n) is 1.59. The zero-order valence-corrected chi connectivity index (χ0v) is 4.18. The van der Waals surface area contributed by atoms with Gasteiger partial charge in [0.25, 0.3) is 0 Å². The Morgan fingerprint density at radius 3 is 1.40 bits per heavy atom. The van der Waals surface area contributed by atoms with Crippen molar-refractivity contribution >= 4 is 23.2 Å². The summed E-state index contributed by atoms with van der Waals surface area (Å²) in [5.74, 6) is 0. The molecule has 0 atom stereocenters. The fourth-order valence-electron chi connectivity index (χ4n) is 0.0945. The Kier molecular flexibility index (Phi) is 0.599. The Morgan fingerprint density at radius 2 is 1.40 bits per heavy atom. The first-order valence-corrected chi connectivity index (χ1v) is 2.34. The van der Waals surface area contributed by atoms with Crippen LogP contribution in [0.3, 0.4) is 0 Å². The maximum atomic E-state index is 5.41. The summed E-state index contributed by atoms with van der Waals surface area (Å²) in [7, 11) is 0. The van der Waals surface area contributed by atoms with Gasteiger partial charge in [-0.25, -0.2) is 0 Å². The lowest BCUT2D eigenvalue weighted by atomic mass is 11.0. The van der Waals surface area contributed by atoms with Crippen LogP contribution in [-0.2, 0) is 0 Å². The van der Waals surface area contributed by atoms with E-state index in [4.69, 9.17) is 23.2 Å². The second-order valence-corrected chi connectivity index (χ2v) is 3.00. The van der Waals surface area contributed by atoms with Crippen LogP contribution in [0.2, 0.25) is 0 Å². The lowest BCUT2D eigenvalue weighted by Gasteiger charge is -1.79. The average molecular weight is 111 g/mol. The summed E-state index contributed by atoms with van der Waals surface area (Å²) in [6.07, 6.45) is 1.96. The van der Waals surface area contributed by atoms with E-state index in [0.29, 0.717) is 0 Å². The molecule has 0 aromatic heterocycles. The van der Waals surface area contributed by atoms with Gasteiger partial charge in [0, 0.05) is 0 Å². The Labute approximate surface area is 41.1 Å². The van der Waals surface area contributed by atoms with Crippen molar-refractivity contribution in [2.45, 2.75) is 17.2 Å². The first kappa shape index (κ1) is 3.76. The molecule has 0 aliphatic heterocycles. The van der Waals surface area contributed by atoms with Gasteiger partial charge in [-0.1, -0.05) is 0 Å². The Balaban J connectivity index is 2.38. The highest BCUT2D eigenvalue weighted by molar-refractivity contribution is 6.50. The fourth-order valence-corrected chi connectivity index (χ4v) is 0.283. The molecule has 0 nitrogen and oxygen atoms in total. The molecule has 1 fully saturated rings. The van der Waals surface area contributed by atoms with E-state index in [1.54, 1.807) is 0 Å². The molecule has 0 aromatic rings. The van der Waals surface area contributed by atoms with E-state index in [1.807, 2.05) is 0 Å². The van der Waals surface area contributed by atoms with E-state index < -0.39 is 0 Å². The minimum absolute atomic E-state index is 0.306. The van der Waals surface area contributed by atoms with Crippen LogP contribution in [-0.4, -0.2) is 4.33 Å². The topological polar surface area (TPSA) is 0 Å². The third kappa shape index (κ3) is 0.979. The zero-order chi connectivity index (χ0) is 3.91. The van der Waals surface area contributed by atoms with E-state index >= 15 is 0 Å². The zero-order valence-electron chi connectivity index (χ0n) is 2.67. The minimum atomic E-state index is -0.306. The summed E-state index contributed by atoms with van der Waals surface area (Å²) in [5, 5.41) is 0. The van der Waals surface area contributed by atoms with Crippen LogP contribution in [0.4, 0.5) is 0 Å². The molecule has 0 bridgehead atoms. The highest BCUT2D eigenvalue weighted by atomic mass is 35.5. The SMILES string of the molecule is ClC1(Cl)CC1. The highest BCUT2D eigenvalue weighted by Crippen LogP contribution is 2.46. The van der Waals surface area contributed by atoms with E-state index in [0.717, 1.165) is 12.8 Å². The van der Waals surface area contributed by atoms with Crippen molar-refractivity contribution in [3.05, 3.63) is 0 Å². The second kappa shape index (κ2) is 0.797. The summed E-state index contributed by atoms with van der Waals surface area (Å²) in [6, 6.07) is 0. The highest BCUT2D eigenvalue weighted by Gasteiger charge is 2.37. The minimum Gasteiger partial charge on any atom is -0.102 e. The van der Waals surface area contributed by atoms with Gasteiger partial charge in [0.05, 0.1) is 0 Å². The Morgan fingerprint density at radius 1 is 1.20 bits per heavy atom. The standard InChI is InChI=1S/C3H4Cl2/c4-3(5)1-2-3/h1-2H2. The molecule has 0 N–H and O–H groups in total. The lowest BCUT2D eigenvalue weighted by molar-refractivity contribution is 1.36. The average Bonchev–Trinajstić information content (AvgIpc) is 1.76. The normalized spacial score (nSPS) is 30.0. The van der Waals surface area contributed by atoms with Crippen molar-refractivity contribution in [2.75, 3.05) is 0 Å². The molecule has 1 aliphatic rings. The number of alkyl halides is 2. The van der Waals surface area contributed by atoms with Gasteiger partial charge in [-0.3, -0.25) is 0 Å². The molecular weight excluding hydrogens is 107 g/mol. The van der Waals surface area contributed by atoms with Crippen LogP contribution < -0.4 is 0 Å². The largest absolute Gasteiger partial charge is 0.118 e. The van der Waals surface area contributed by atoms with Gasteiger partial charge in [0.2, 0.25) is 0 Å². The van der Waals surface area contributed by atoms with Crippen LogP contribution in [0.1, 0.15) is 12.8 Å². The molecule has 1 rings (SSSR count). The molecule has 30 valence electrons. The van der Waals surface area contributed by atoms with Crippen molar-refractivity contribution < 1.29 is 0 Å². The molecule has 5 heavy (non-hydrogen) atoms. The number of halogens is 2. The van der Waals surface area contributed by atoms with Crippen LogP contribution in [0.25, 0.3) is 0 Å². The lowest BCUT2D eigenvalue weighted by Crippen LogP contribution is -1.73. The molecule has 1 saturated carbocycles. The molecule has 0 radical (unpaired) electrons. The predicted octanol–water partition coefficient (Wildman–Crippen LogP) is 1.95. The van der Waals surface area contributed by atoms with Crippen molar-refractivity contribution in [1.82, 2.24) is 0 Å². The van der Waals surface area contributed by atoms with E-state index in [9.17, 15) is 0 Å². The number of hydrogen-bond acceptors (Lipinski definition) is 0. The number of rotatable bonds is 0. The van der Waals surface area contributed by atoms with Crippen LogP contribution in [0, 0.1) is 0 Å². The molecule has 0 spiro atoms. The summed E-state index contributed by atoms with van der Waals surface area (Å²) in [4.78, 5) is 0. The Hall–Kier alpha value is 0.580. The van der Waals surface area contributed by atoms with Crippen LogP contribution in [0.5, 0.6) is 0 Å². The van der Waals surface area contributed by atoms with E-state index in [-0.39, 0.29) is 4.33 Å². The molecule has 0 unspecified atom stereocenters. The molecule has 0 saturated heterocycles. The van der Waals surface area contributed by atoms with E-state index in [2.05, 4.69) is 0 Å². The van der Waals surface area contributed by atoms with Gasteiger partial charge >= 0.3 is 0 Å². The first-order chi connectivity index (χ1) is 2.21. The summed E-state index contributed by atoms with van der Waals surface area (Å²) < 4.78 is -0.306. The maximum absolute atomic E-state index is 5.41. The monoisotopic (exact) mass is 110 g/mol. The summed E-state index contributed by atoms with van der Waals surface area (Å²) in [5.41, 5.74) is 0. The van der Waals surface area contributed by atoms with Gasteiger partial charge in [-0.15, -0.1) is 23.2 Å². The van der Waals surface area contributed by atoms with Gasteiger partial charge < -0.3 is 0 Å². The van der Waals surface area contributed by atoms with E-state index in [1.165, 1.54) is 0 Å². The van der Waals surface area contributed by atoms with Crippen molar-refractivity contribution in [2.24, 2.45) is 0 Å². The van der Waals surface area contributed by atoms with Crippen LogP contribution in [0.15, 0.2) is 0 Å². The summed E-state index contributed by atoms with van der Waals surface area (Å²) in [6.45, 7) is 0. The molecule has 2 heteroatoms. The molecule has 0 amide bonds. The Bertz CT molecular complexity index is 42.9. The van der Waals surface area contributed by atoms with Gasteiger partial charge in [0.15, 0.2) is 0 Å². The smallest absolute Gasteiger partial charge is 0.102 e. The maximum Gasteiger partial charge on any atom is 0.118 e. The number of hydrogen-bond donors (Lipinski definition) is 0. The van der Waals surface area contributed by atoms with Gasteiger partial charge in [-0.05, 0) is 12.8 Å². The van der Waals surface area contributed by atoms with Crippen LogP contribution >= 0.6 is 23.2 Å². The fraction of sp³-hybridized carbons (Fsp3) is 1.00. The van der Waals surface area contributed by atoms with Crippen molar-refractivity contribution in [3.8, 4) is 0 Å². The third-order valence-corrected chi connectivity index (χ3v) is 1.38. The summed E-state index contributed by atoms with van der Waals surface area (Å²) >= 11 is 10.8. The quantitative estimate of drug-likeness (QED) is 0.419. The predicted molar refractivity (Wildman–Crippen MR) is 23.7 cm³/mol. The van der Waals surface area contributed by atoms with Crippen molar-refractivity contribution in [3.63, 3.8) is 0 Å². The third-order valence-electron chi connectivity index (χ3n) is 0.628.